The van der Waals surface area contributed by atoms with Crippen LogP contribution in [-0.2, 0) is 20.7 Å². The molecule has 0 aromatic heterocycles. The molecule has 3 rings (SSSR count). The van der Waals surface area contributed by atoms with E-state index in [1.807, 2.05) is 25.1 Å². The van der Waals surface area contributed by atoms with E-state index in [0.717, 1.165) is 22.3 Å². The van der Waals surface area contributed by atoms with Crippen molar-refractivity contribution in [3.8, 4) is 16.9 Å². The highest BCUT2D eigenvalue weighted by atomic mass is 16.5. The molecule has 0 aliphatic carbocycles. The largest absolute Gasteiger partial charge is 0.487 e. The number of hydrogen-bond acceptors (Lipinski definition) is 5. The lowest BCUT2D eigenvalue weighted by Gasteiger charge is -2.15. The van der Waals surface area contributed by atoms with Crippen molar-refractivity contribution in [2.24, 2.45) is 0 Å². The summed E-state index contributed by atoms with van der Waals surface area (Å²) in [6.45, 7) is 3.61. The number of nitrogens with one attached hydrogen (secondary N) is 2. The number of fused-ring (bicyclic) bond motifs is 1. The van der Waals surface area contributed by atoms with E-state index in [2.05, 4.69) is 16.7 Å². The SMILES string of the molecule is COC(=O)c1ccccc1-c1cc(C)cc2c1O[C@H](CNC(=O)CNC(C)=O)C2. The number of carbonyl (C=O) groups excluding carboxylic acids is 3. The van der Waals surface area contributed by atoms with Crippen LogP contribution in [0, 0.1) is 6.92 Å². The van der Waals surface area contributed by atoms with Crippen molar-refractivity contribution in [3.05, 3.63) is 53.1 Å². The Balaban J connectivity index is 1.81. The van der Waals surface area contributed by atoms with Gasteiger partial charge in [-0.25, -0.2) is 4.79 Å². The maximum Gasteiger partial charge on any atom is 0.338 e. The normalized spacial score (nSPS) is 14.5. The minimum absolute atomic E-state index is 0.0636. The molecule has 0 bridgehead atoms. The second-order valence-corrected chi connectivity index (χ2v) is 7.00. The monoisotopic (exact) mass is 396 g/mol. The van der Waals surface area contributed by atoms with Crippen LogP contribution >= 0.6 is 0 Å². The van der Waals surface area contributed by atoms with Crippen LogP contribution in [0.4, 0.5) is 0 Å². The van der Waals surface area contributed by atoms with E-state index in [-0.39, 0.29) is 24.5 Å². The Morgan fingerprint density at radius 1 is 1.14 bits per heavy atom. The molecule has 1 aliphatic rings. The number of carbonyl (C=O) groups is 3. The molecule has 2 aromatic rings. The van der Waals surface area contributed by atoms with Gasteiger partial charge in [0.15, 0.2) is 0 Å². The summed E-state index contributed by atoms with van der Waals surface area (Å²) in [7, 11) is 1.36. The number of rotatable bonds is 6. The van der Waals surface area contributed by atoms with Gasteiger partial charge >= 0.3 is 5.97 Å². The first-order chi connectivity index (χ1) is 13.9. The van der Waals surface area contributed by atoms with Gasteiger partial charge in [0.2, 0.25) is 11.8 Å². The van der Waals surface area contributed by atoms with E-state index < -0.39 is 5.97 Å². The average Bonchev–Trinajstić information content (AvgIpc) is 3.12. The molecule has 7 nitrogen and oxygen atoms in total. The van der Waals surface area contributed by atoms with E-state index >= 15 is 0 Å². The maximum atomic E-state index is 12.2. The van der Waals surface area contributed by atoms with E-state index in [1.165, 1.54) is 14.0 Å². The fourth-order valence-electron chi connectivity index (χ4n) is 3.41. The first-order valence-corrected chi connectivity index (χ1v) is 9.38. The first kappa shape index (κ1) is 20.4. The van der Waals surface area contributed by atoms with Crippen LogP contribution in [0.5, 0.6) is 5.75 Å². The smallest absolute Gasteiger partial charge is 0.338 e. The van der Waals surface area contributed by atoms with Gasteiger partial charge in [0.1, 0.15) is 11.9 Å². The van der Waals surface area contributed by atoms with Gasteiger partial charge < -0.3 is 20.1 Å². The Labute approximate surface area is 169 Å². The fourth-order valence-corrected chi connectivity index (χ4v) is 3.41. The second-order valence-electron chi connectivity index (χ2n) is 7.00. The Bertz CT molecular complexity index is 954. The minimum Gasteiger partial charge on any atom is -0.487 e. The number of aryl methyl sites for hydroxylation is 1. The molecule has 0 saturated heterocycles. The van der Waals surface area contributed by atoms with Crippen LogP contribution in [0.2, 0.25) is 0 Å². The van der Waals surface area contributed by atoms with Gasteiger partial charge in [-0.15, -0.1) is 0 Å². The summed E-state index contributed by atoms with van der Waals surface area (Å²) < 4.78 is 11.1. The minimum atomic E-state index is -0.407. The zero-order chi connectivity index (χ0) is 21.0. The van der Waals surface area contributed by atoms with Gasteiger partial charge in [0.05, 0.1) is 25.8 Å². The Hall–Kier alpha value is -3.35. The second kappa shape index (κ2) is 8.77. The number of methoxy groups -OCH3 is 1. The van der Waals surface area contributed by atoms with Gasteiger partial charge in [-0.3, -0.25) is 9.59 Å². The molecule has 1 aliphatic heterocycles. The van der Waals surface area contributed by atoms with Crippen molar-refractivity contribution in [1.29, 1.82) is 0 Å². The van der Waals surface area contributed by atoms with Crippen LogP contribution in [0.3, 0.4) is 0 Å². The fraction of sp³-hybridized carbons (Fsp3) is 0.318. The highest BCUT2D eigenvalue weighted by molar-refractivity contribution is 5.98. The molecule has 0 saturated carbocycles. The van der Waals surface area contributed by atoms with E-state index in [4.69, 9.17) is 9.47 Å². The lowest BCUT2D eigenvalue weighted by Crippen LogP contribution is -2.40. The average molecular weight is 396 g/mol. The molecule has 0 radical (unpaired) electrons. The van der Waals surface area contributed by atoms with Crippen LogP contribution in [0.1, 0.15) is 28.4 Å². The van der Waals surface area contributed by atoms with E-state index in [9.17, 15) is 14.4 Å². The predicted octanol–water partition coefficient (Wildman–Crippen LogP) is 2.00. The third-order valence-corrected chi connectivity index (χ3v) is 4.69. The predicted molar refractivity (Wildman–Crippen MR) is 108 cm³/mol. The molecule has 7 heteroatoms. The molecule has 0 spiro atoms. The van der Waals surface area contributed by atoms with Crippen molar-refractivity contribution in [2.75, 3.05) is 20.2 Å². The third-order valence-electron chi connectivity index (χ3n) is 4.69. The standard InChI is InChI=1S/C22H24N2O5/c1-13-8-15-10-16(11-24-20(26)12-23-14(2)25)29-21(15)19(9-13)17-6-4-5-7-18(17)22(27)28-3/h4-9,16H,10-12H2,1-3H3,(H,23,25)(H,24,26)/t16-/m0/s1. The maximum absolute atomic E-state index is 12.2. The molecule has 29 heavy (non-hydrogen) atoms. The number of amides is 2. The van der Waals surface area contributed by atoms with Crippen LogP contribution in [-0.4, -0.2) is 44.1 Å². The zero-order valence-corrected chi connectivity index (χ0v) is 16.7. The highest BCUT2D eigenvalue weighted by Crippen LogP contribution is 2.41. The van der Waals surface area contributed by atoms with Gasteiger partial charge in [0, 0.05) is 18.9 Å². The van der Waals surface area contributed by atoms with Crippen LogP contribution in [0.15, 0.2) is 36.4 Å². The summed E-state index contributed by atoms with van der Waals surface area (Å²) in [6.07, 6.45) is 0.419. The number of ether oxygens (including phenoxy) is 2. The summed E-state index contributed by atoms with van der Waals surface area (Å²) in [5.41, 5.74) is 4.12. The number of esters is 1. The molecule has 2 N–H and O–H groups in total. The van der Waals surface area contributed by atoms with Crippen LogP contribution in [0.25, 0.3) is 11.1 Å². The van der Waals surface area contributed by atoms with E-state index in [1.54, 1.807) is 12.1 Å². The topological polar surface area (TPSA) is 93.7 Å². The van der Waals surface area contributed by atoms with Crippen molar-refractivity contribution < 1.29 is 23.9 Å². The molecule has 152 valence electrons. The number of benzene rings is 2. The lowest BCUT2D eigenvalue weighted by molar-refractivity contribution is -0.125. The molecule has 1 atom stereocenters. The molecule has 0 unspecified atom stereocenters. The summed E-state index contributed by atoms with van der Waals surface area (Å²) in [5, 5.41) is 5.24. The summed E-state index contributed by atoms with van der Waals surface area (Å²) in [4.78, 5) is 35.0. The summed E-state index contributed by atoms with van der Waals surface area (Å²) in [5.74, 6) is -0.218. The Morgan fingerprint density at radius 3 is 2.62 bits per heavy atom. The summed E-state index contributed by atoms with van der Waals surface area (Å²) >= 11 is 0. The molecule has 2 amide bonds. The molecule has 0 fully saturated rings. The number of hydrogen-bond donors (Lipinski definition) is 2. The van der Waals surface area contributed by atoms with Crippen molar-refractivity contribution in [2.45, 2.75) is 26.4 Å². The molecule has 2 aromatic carbocycles. The molecule has 1 heterocycles. The van der Waals surface area contributed by atoms with Gasteiger partial charge in [-0.2, -0.15) is 0 Å². The highest BCUT2D eigenvalue weighted by Gasteiger charge is 2.28. The molecular formula is C22H24N2O5. The van der Waals surface area contributed by atoms with Gasteiger partial charge in [0.25, 0.3) is 0 Å². The molecular weight excluding hydrogens is 372 g/mol. The zero-order valence-electron chi connectivity index (χ0n) is 16.7. The Morgan fingerprint density at radius 2 is 1.90 bits per heavy atom. The van der Waals surface area contributed by atoms with Gasteiger partial charge in [-0.1, -0.05) is 24.3 Å². The third kappa shape index (κ3) is 4.74. The van der Waals surface area contributed by atoms with Crippen molar-refractivity contribution in [1.82, 2.24) is 10.6 Å². The van der Waals surface area contributed by atoms with E-state index in [0.29, 0.717) is 24.3 Å². The van der Waals surface area contributed by atoms with Crippen molar-refractivity contribution >= 4 is 17.8 Å². The lowest BCUT2D eigenvalue weighted by atomic mass is 9.94. The Kier molecular flexibility index (Phi) is 6.16. The van der Waals surface area contributed by atoms with Crippen LogP contribution < -0.4 is 15.4 Å². The first-order valence-electron chi connectivity index (χ1n) is 9.38. The van der Waals surface area contributed by atoms with Gasteiger partial charge in [-0.05, 0) is 35.7 Å². The summed E-state index contributed by atoms with van der Waals surface area (Å²) in [6, 6.07) is 11.3. The quantitative estimate of drug-likeness (QED) is 0.729. The van der Waals surface area contributed by atoms with Crippen molar-refractivity contribution in [3.63, 3.8) is 0 Å².